The van der Waals surface area contributed by atoms with Crippen molar-refractivity contribution in [1.82, 2.24) is 20.4 Å². The lowest BCUT2D eigenvalue weighted by atomic mass is 10.1. The van der Waals surface area contributed by atoms with Crippen LogP contribution in [0.25, 0.3) is 0 Å². The molecule has 21 heavy (non-hydrogen) atoms. The van der Waals surface area contributed by atoms with E-state index in [0.29, 0.717) is 32.1 Å². The van der Waals surface area contributed by atoms with Gasteiger partial charge in [-0.3, -0.25) is 19.4 Å². The molecule has 0 spiro atoms. The molecular formula is C14H24N4O3. The summed E-state index contributed by atoms with van der Waals surface area (Å²) in [6, 6.07) is 0.0400. The second-order valence-electron chi connectivity index (χ2n) is 6.45. The van der Waals surface area contributed by atoms with Crippen LogP contribution in [0.2, 0.25) is 0 Å². The van der Waals surface area contributed by atoms with Crippen molar-refractivity contribution in [2.75, 3.05) is 26.7 Å². The molecule has 0 bridgehead atoms. The summed E-state index contributed by atoms with van der Waals surface area (Å²) in [6.07, 6.45) is 2.82. The van der Waals surface area contributed by atoms with Gasteiger partial charge in [0.2, 0.25) is 5.91 Å². The Morgan fingerprint density at radius 3 is 2.62 bits per heavy atom. The lowest BCUT2D eigenvalue weighted by Crippen LogP contribution is -2.40. The molecular weight excluding hydrogens is 272 g/mol. The summed E-state index contributed by atoms with van der Waals surface area (Å²) >= 11 is 0. The number of carbonyl (C=O) groups excluding carboxylic acids is 3. The Balaban J connectivity index is 1.67. The molecule has 7 heteroatoms. The summed E-state index contributed by atoms with van der Waals surface area (Å²) in [5.41, 5.74) is -0.812. The van der Waals surface area contributed by atoms with Crippen LogP contribution in [-0.2, 0) is 9.59 Å². The molecule has 1 heterocycles. The number of nitrogens with zero attached hydrogens (tertiary/aromatic N) is 2. The van der Waals surface area contributed by atoms with Gasteiger partial charge in [-0.1, -0.05) is 0 Å². The Morgan fingerprint density at radius 1 is 1.43 bits per heavy atom. The predicted octanol–water partition coefficient (Wildman–Crippen LogP) is -0.0827. The second kappa shape index (κ2) is 6.01. The first-order valence-corrected chi connectivity index (χ1v) is 7.41. The highest BCUT2D eigenvalue weighted by Gasteiger charge is 2.43. The van der Waals surface area contributed by atoms with E-state index in [1.54, 1.807) is 13.8 Å². The van der Waals surface area contributed by atoms with Gasteiger partial charge in [-0.05, 0) is 40.2 Å². The van der Waals surface area contributed by atoms with Gasteiger partial charge in [-0.2, -0.15) is 0 Å². The fourth-order valence-corrected chi connectivity index (χ4v) is 2.34. The minimum Gasteiger partial charge on any atom is -0.352 e. The van der Waals surface area contributed by atoms with Crippen molar-refractivity contribution in [3.8, 4) is 0 Å². The summed E-state index contributed by atoms with van der Waals surface area (Å²) < 4.78 is 0. The Labute approximate surface area is 125 Å². The number of likely N-dealkylation sites (N-methyl/N-ethyl adjacent to an activating group) is 1. The molecule has 1 saturated carbocycles. The molecule has 2 rings (SSSR count). The van der Waals surface area contributed by atoms with E-state index in [2.05, 4.69) is 10.6 Å². The number of hydrogen-bond donors (Lipinski definition) is 2. The van der Waals surface area contributed by atoms with Crippen LogP contribution >= 0.6 is 0 Å². The molecule has 4 amide bonds. The zero-order valence-corrected chi connectivity index (χ0v) is 12.9. The van der Waals surface area contributed by atoms with E-state index in [1.165, 1.54) is 4.90 Å². The predicted molar refractivity (Wildman–Crippen MR) is 77.6 cm³/mol. The summed E-state index contributed by atoms with van der Waals surface area (Å²) in [5, 5.41) is 5.58. The van der Waals surface area contributed by atoms with E-state index < -0.39 is 5.54 Å². The van der Waals surface area contributed by atoms with Crippen molar-refractivity contribution >= 4 is 17.8 Å². The highest BCUT2D eigenvalue weighted by Crippen LogP contribution is 2.18. The van der Waals surface area contributed by atoms with Gasteiger partial charge in [0.15, 0.2) is 0 Å². The molecule has 0 aromatic rings. The quantitative estimate of drug-likeness (QED) is 0.644. The van der Waals surface area contributed by atoms with Crippen molar-refractivity contribution in [3.63, 3.8) is 0 Å². The molecule has 2 N–H and O–H groups in total. The Kier molecular flexibility index (Phi) is 4.51. The summed E-state index contributed by atoms with van der Waals surface area (Å²) in [4.78, 5) is 38.5. The van der Waals surface area contributed by atoms with Gasteiger partial charge < -0.3 is 10.6 Å². The van der Waals surface area contributed by atoms with Gasteiger partial charge in [0.05, 0.1) is 6.54 Å². The number of hydrogen-bond acceptors (Lipinski definition) is 4. The molecule has 0 atom stereocenters. The van der Waals surface area contributed by atoms with Crippen LogP contribution in [0, 0.1) is 0 Å². The first-order chi connectivity index (χ1) is 9.79. The van der Waals surface area contributed by atoms with Crippen LogP contribution in [-0.4, -0.2) is 65.9 Å². The average Bonchev–Trinajstić information content (AvgIpc) is 3.13. The van der Waals surface area contributed by atoms with Crippen molar-refractivity contribution in [1.29, 1.82) is 0 Å². The molecule has 7 nitrogen and oxygen atoms in total. The SMILES string of the molecule is CN(CCCN1C(=O)NC(C)(C)C1=O)CC(=O)NC1CC1. The van der Waals surface area contributed by atoms with Crippen LogP contribution in [0.15, 0.2) is 0 Å². The topological polar surface area (TPSA) is 81.8 Å². The number of urea groups is 1. The van der Waals surface area contributed by atoms with E-state index in [9.17, 15) is 14.4 Å². The summed E-state index contributed by atoms with van der Waals surface area (Å²) in [7, 11) is 1.86. The maximum Gasteiger partial charge on any atom is 0.325 e. The Hall–Kier alpha value is -1.63. The van der Waals surface area contributed by atoms with Gasteiger partial charge in [-0.15, -0.1) is 0 Å². The third kappa shape index (κ3) is 4.17. The molecule has 0 aromatic carbocycles. The van der Waals surface area contributed by atoms with Gasteiger partial charge in [0, 0.05) is 19.1 Å². The fourth-order valence-electron chi connectivity index (χ4n) is 2.34. The number of nitrogens with one attached hydrogen (secondary N) is 2. The molecule has 0 unspecified atom stereocenters. The maximum absolute atomic E-state index is 12.0. The minimum absolute atomic E-state index is 0.0381. The number of rotatable bonds is 7. The molecule has 1 aliphatic carbocycles. The van der Waals surface area contributed by atoms with Gasteiger partial charge in [-0.25, -0.2) is 4.79 Å². The van der Waals surface area contributed by atoms with Crippen molar-refractivity contribution in [3.05, 3.63) is 0 Å². The van der Waals surface area contributed by atoms with Gasteiger partial charge >= 0.3 is 6.03 Å². The average molecular weight is 296 g/mol. The first-order valence-electron chi connectivity index (χ1n) is 7.41. The molecule has 0 radical (unpaired) electrons. The van der Waals surface area contributed by atoms with Crippen LogP contribution in [0.5, 0.6) is 0 Å². The number of imide groups is 1. The van der Waals surface area contributed by atoms with E-state index in [-0.39, 0.29) is 17.8 Å². The van der Waals surface area contributed by atoms with Crippen LogP contribution < -0.4 is 10.6 Å². The standard InChI is InChI=1S/C14H24N4O3/c1-14(2)12(20)18(13(21)16-14)8-4-7-17(3)9-11(19)15-10-5-6-10/h10H,4-9H2,1-3H3,(H,15,19)(H,16,21). The zero-order chi connectivity index (χ0) is 15.6. The van der Waals surface area contributed by atoms with Crippen molar-refractivity contribution in [2.45, 2.75) is 44.7 Å². The minimum atomic E-state index is -0.812. The zero-order valence-electron chi connectivity index (χ0n) is 12.9. The second-order valence-corrected chi connectivity index (χ2v) is 6.45. The van der Waals surface area contributed by atoms with E-state index in [1.807, 2.05) is 11.9 Å². The smallest absolute Gasteiger partial charge is 0.325 e. The monoisotopic (exact) mass is 296 g/mol. The number of carbonyl (C=O) groups is 3. The fraction of sp³-hybridized carbons (Fsp3) is 0.786. The molecule has 2 fully saturated rings. The van der Waals surface area contributed by atoms with Crippen LogP contribution in [0.1, 0.15) is 33.1 Å². The van der Waals surface area contributed by atoms with Crippen molar-refractivity contribution in [2.24, 2.45) is 0 Å². The van der Waals surface area contributed by atoms with Crippen LogP contribution in [0.4, 0.5) is 4.79 Å². The lowest BCUT2D eigenvalue weighted by molar-refractivity contribution is -0.130. The van der Waals surface area contributed by atoms with Crippen molar-refractivity contribution < 1.29 is 14.4 Å². The summed E-state index contributed by atoms with van der Waals surface area (Å²) in [5.74, 6) is -0.155. The van der Waals surface area contributed by atoms with Crippen LogP contribution in [0.3, 0.4) is 0 Å². The first kappa shape index (κ1) is 15.8. The number of amides is 4. The molecule has 2 aliphatic rings. The van der Waals surface area contributed by atoms with Gasteiger partial charge in [0.1, 0.15) is 5.54 Å². The highest BCUT2D eigenvalue weighted by molar-refractivity contribution is 6.06. The third-order valence-corrected chi connectivity index (χ3v) is 3.72. The molecule has 0 aromatic heterocycles. The lowest BCUT2D eigenvalue weighted by Gasteiger charge is -2.19. The normalized spacial score (nSPS) is 20.9. The largest absolute Gasteiger partial charge is 0.352 e. The van der Waals surface area contributed by atoms with Gasteiger partial charge in [0.25, 0.3) is 5.91 Å². The van der Waals surface area contributed by atoms with E-state index in [4.69, 9.17) is 0 Å². The third-order valence-electron chi connectivity index (χ3n) is 3.72. The van der Waals surface area contributed by atoms with E-state index in [0.717, 1.165) is 12.8 Å². The molecule has 118 valence electrons. The maximum atomic E-state index is 12.0. The molecule has 1 saturated heterocycles. The van der Waals surface area contributed by atoms with E-state index >= 15 is 0 Å². The molecule has 1 aliphatic heterocycles. The highest BCUT2D eigenvalue weighted by atomic mass is 16.2. The summed E-state index contributed by atoms with van der Waals surface area (Å²) in [6.45, 7) is 4.78. The Morgan fingerprint density at radius 2 is 2.10 bits per heavy atom. The Bertz CT molecular complexity index is 446.